The van der Waals surface area contributed by atoms with Gasteiger partial charge in [0.2, 0.25) is 11.8 Å². The lowest BCUT2D eigenvalue weighted by atomic mass is 9.95. The number of imide groups is 1. The second-order valence-electron chi connectivity index (χ2n) is 7.33. The average molecular weight is 389 g/mol. The van der Waals surface area contributed by atoms with E-state index in [4.69, 9.17) is 4.74 Å². The highest BCUT2D eigenvalue weighted by molar-refractivity contribution is 7.97. The highest BCUT2D eigenvalue weighted by atomic mass is 32.2. The second-order valence-corrected chi connectivity index (χ2v) is 8.19. The lowest BCUT2D eigenvalue weighted by Crippen LogP contribution is -2.40. The van der Waals surface area contributed by atoms with Crippen molar-refractivity contribution < 1.29 is 14.3 Å². The molecule has 2 N–H and O–H groups in total. The Labute approximate surface area is 165 Å². The molecule has 0 bridgehead atoms. The zero-order valence-corrected chi connectivity index (χ0v) is 16.6. The van der Waals surface area contributed by atoms with Crippen LogP contribution in [0.4, 0.5) is 0 Å². The maximum absolute atomic E-state index is 11.7. The summed E-state index contributed by atoms with van der Waals surface area (Å²) in [7, 11) is 0. The van der Waals surface area contributed by atoms with Gasteiger partial charge in [-0.25, -0.2) is 0 Å². The first-order valence-corrected chi connectivity index (χ1v) is 10.7. The number of benzene rings is 1. The number of hydrogen-bond acceptors (Lipinski definition) is 5. The molecule has 1 saturated carbocycles. The molecule has 2 aliphatic rings. The summed E-state index contributed by atoms with van der Waals surface area (Å²) < 4.78 is 9.29. The van der Waals surface area contributed by atoms with E-state index in [1.54, 1.807) is 11.9 Å². The Kier molecular flexibility index (Phi) is 7.35. The van der Waals surface area contributed by atoms with Crippen LogP contribution < -0.4 is 14.8 Å². The molecule has 0 radical (unpaired) electrons. The Morgan fingerprint density at radius 3 is 2.93 bits per heavy atom. The van der Waals surface area contributed by atoms with Gasteiger partial charge in [0.1, 0.15) is 5.75 Å². The van der Waals surface area contributed by atoms with E-state index >= 15 is 0 Å². The predicted molar refractivity (Wildman–Crippen MR) is 108 cm³/mol. The monoisotopic (exact) mass is 388 g/mol. The van der Waals surface area contributed by atoms with Crippen LogP contribution in [0, 0.1) is 11.8 Å². The molecule has 1 aromatic rings. The summed E-state index contributed by atoms with van der Waals surface area (Å²) in [5.41, 5.74) is 1.21. The molecule has 0 spiro atoms. The molecule has 1 aromatic carbocycles. The fraction of sp³-hybridized carbons (Fsp3) is 0.524. The smallest absolute Gasteiger partial charge is 0.229 e. The molecular weight excluding hydrogens is 360 g/mol. The molecule has 2 unspecified atom stereocenters. The van der Waals surface area contributed by atoms with E-state index in [-0.39, 0.29) is 23.8 Å². The standard InChI is InChI=1S/C21H28N2O3S/c1-15(18-6-4-7-19(13-18)26-14-16-8-9-16)23-27-12-3-2-5-17-10-11-20(24)22-21(17)25/h2-4,6-7,13,15-17,23H,5,8-12,14H2,1H3,(H,22,24,25)/b3-2+. The summed E-state index contributed by atoms with van der Waals surface area (Å²) in [4.78, 5) is 22.8. The molecule has 3 rings (SSSR count). The first-order chi connectivity index (χ1) is 13.1. The molecule has 146 valence electrons. The SMILES string of the molecule is CC(NSC/C=C/CC1CCC(=O)NC1=O)c1cccc(OCC2CC2)c1. The zero-order valence-electron chi connectivity index (χ0n) is 15.8. The summed E-state index contributed by atoms with van der Waals surface area (Å²) in [6.07, 6.45) is 8.49. The van der Waals surface area contributed by atoms with Gasteiger partial charge in [0.05, 0.1) is 6.61 Å². The average Bonchev–Trinajstić information content (AvgIpc) is 3.49. The van der Waals surface area contributed by atoms with Crippen molar-refractivity contribution in [3.8, 4) is 5.75 Å². The lowest BCUT2D eigenvalue weighted by Gasteiger charge is -2.19. The van der Waals surface area contributed by atoms with Gasteiger partial charge in [0, 0.05) is 24.1 Å². The molecule has 1 aliphatic heterocycles. The quantitative estimate of drug-likeness (QED) is 0.276. The Bertz CT molecular complexity index is 688. The first kappa shape index (κ1) is 20.0. The Morgan fingerprint density at radius 2 is 2.15 bits per heavy atom. The second kappa shape index (κ2) is 9.95. The third kappa shape index (κ3) is 6.70. The van der Waals surface area contributed by atoms with Crippen LogP contribution in [0.5, 0.6) is 5.75 Å². The topological polar surface area (TPSA) is 67.4 Å². The summed E-state index contributed by atoms with van der Waals surface area (Å²) in [5.74, 6) is 2.16. The van der Waals surface area contributed by atoms with Crippen molar-refractivity contribution in [2.24, 2.45) is 11.8 Å². The van der Waals surface area contributed by atoms with Crippen molar-refractivity contribution in [1.29, 1.82) is 0 Å². The molecule has 5 nitrogen and oxygen atoms in total. The molecule has 0 aromatic heterocycles. The van der Waals surface area contributed by atoms with Crippen LogP contribution >= 0.6 is 11.9 Å². The lowest BCUT2D eigenvalue weighted by molar-refractivity contribution is -0.136. The van der Waals surface area contributed by atoms with Crippen molar-refractivity contribution in [3.05, 3.63) is 42.0 Å². The number of carbonyl (C=O) groups is 2. The molecule has 27 heavy (non-hydrogen) atoms. The molecule has 1 heterocycles. The molecule has 6 heteroatoms. The van der Waals surface area contributed by atoms with E-state index in [2.05, 4.69) is 35.2 Å². The van der Waals surface area contributed by atoms with Crippen molar-refractivity contribution in [2.75, 3.05) is 12.4 Å². The molecule has 1 saturated heterocycles. The number of carbonyl (C=O) groups excluding carboxylic acids is 2. The number of allylic oxidation sites excluding steroid dienone is 1. The highest BCUT2D eigenvalue weighted by Gasteiger charge is 2.25. The number of hydrogen-bond donors (Lipinski definition) is 2. The van der Waals surface area contributed by atoms with Crippen LogP contribution in [0.1, 0.15) is 50.6 Å². The van der Waals surface area contributed by atoms with Crippen LogP contribution in [0.25, 0.3) is 0 Å². The number of amides is 2. The van der Waals surface area contributed by atoms with Crippen LogP contribution in [0.15, 0.2) is 36.4 Å². The highest BCUT2D eigenvalue weighted by Crippen LogP contribution is 2.30. The fourth-order valence-corrected chi connectivity index (χ4v) is 3.67. The maximum Gasteiger partial charge on any atom is 0.229 e. The van der Waals surface area contributed by atoms with Gasteiger partial charge < -0.3 is 4.74 Å². The minimum atomic E-state index is -0.156. The summed E-state index contributed by atoms with van der Waals surface area (Å²) in [6, 6.07) is 8.51. The van der Waals surface area contributed by atoms with Gasteiger partial charge in [-0.3, -0.25) is 19.6 Å². The number of piperidine rings is 1. The zero-order chi connectivity index (χ0) is 19.1. The van der Waals surface area contributed by atoms with Crippen LogP contribution in [0.2, 0.25) is 0 Å². The number of rotatable bonds is 10. The number of ether oxygens (including phenoxy) is 1. The van der Waals surface area contributed by atoms with Crippen molar-refractivity contribution in [2.45, 2.75) is 45.1 Å². The minimum Gasteiger partial charge on any atom is -0.493 e. The maximum atomic E-state index is 11.7. The van der Waals surface area contributed by atoms with Crippen LogP contribution in [-0.2, 0) is 9.59 Å². The Balaban J connectivity index is 1.34. The summed E-state index contributed by atoms with van der Waals surface area (Å²) in [6.45, 7) is 2.97. The third-order valence-corrected chi connectivity index (χ3v) is 5.80. The van der Waals surface area contributed by atoms with E-state index in [1.165, 1.54) is 18.4 Å². The third-order valence-electron chi connectivity index (χ3n) is 4.92. The van der Waals surface area contributed by atoms with Gasteiger partial charge in [-0.1, -0.05) is 36.2 Å². The normalized spacial score (nSPS) is 21.3. The van der Waals surface area contributed by atoms with Crippen molar-refractivity contribution in [1.82, 2.24) is 10.0 Å². The molecule has 1 aliphatic carbocycles. The van der Waals surface area contributed by atoms with E-state index < -0.39 is 0 Å². The van der Waals surface area contributed by atoms with E-state index in [9.17, 15) is 9.59 Å². The van der Waals surface area contributed by atoms with Crippen molar-refractivity contribution >= 4 is 23.8 Å². The van der Waals surface area contributed by atoms with E-state index in [0.717, 1.165) is 24.0 Å². The molecule has 2 atom stereocenters. The van der Waals surface area contributed by atoms with E-state index in [0.29, 0.717) is 19.3 Å². The first-order valence-electron chi connectivity index (χ1n) is 9.70. The Hall–Kier alpha value is -1.79. The summed E-state index contributed by atoms with van der Waals surface area (Å²) >= 11 is 1.65. The molecule has 2 fully saturated rings. The molecule has 2 amide bonds. The van der Waals surface area contributed by atoms with Gasteiger partial charge in [-0.15, -0.1) is 0 Å². The Morgan fingerprint density at radius 1 is 1.30 bits per heavy atom. The van der Waals surface area contributed by atoms with Gasteiger partial charge in [-0.05, 0) is 56.2 Å². The van der Waals surface area contributed by atoms with Gasteiger partial charge >= 0.3 is 0 Å². The summed E-state index contributed by atoms with van der Waals surface area (Å²) in [5, 5.41) is 2.40. The number of nitrogens with one attached hydrogen (secondary N) is 2. The fourth-order valence-electron chi connectivity index (χ4n) is 2.95. The van der Waals surface area contributed by atoms with Gasteiger partial charge in [-0.2, -0.15) is 0 Å². The van der Waals surface area contributed by atoms with Gasteiger partial charge in [0.25, 0.3) is 0 Å². The van der Waals surface area contributed by atoms with E-state index in [1.807, 2.05) is 18.2 Å². The molecular formula is C21H28N2O3S. The van der Waals surface area contributed by atoms with Crippen LogP contribution in [0.3, 0.4) is 0 Å². The van der Waals surface area contributed by atoms with Crippen LogP contribution in [-0.4, -0.2) is 24.2 Å². The van der Waals surface area contributed by atoms with Crippen molar-refractivity contribution in [3.63, 3.8) is 0 Å². The predicted octanol–water partition coefficient (Wildman–Crippen LogP) is 3.77. The minimum absolute atomic E-state index is 0.0748. The largest absolute Gasteiger partial charge is 0.493 e. The van der Waals surface area contributed by atoms with Gasteiger partial charge in [0.15, 0.2) is 0 Å².